The summed E-state index contributed by atoms with van der Waals surface area (Å²) < 4.78 is 0. The highest BCUT2D eigenvalue weighted by atomic mass is 16.1. The van der Waals surface area contributed by atoms with E-state index in [1.54, 1.807) is 0 Å². The number of hydrogen-bond donors (Lipinski definition) is 1. The Morgan fingerprint density at radius 1 is 0.957 bits per heavy atom. The van der Waals surface area contributed by atoms with E-state index in [9.17, 15) is 4.79 Å². The first-order valence-electron chi connectivity index (χ1n) is 9.56. The lowest BCUT2D eigenvalue weighted by atomic mass is 10.0. The van der Waals surface area contributed by atoms with Gasteiger partial charge in [-0.3, -0.25) is 4.79 Å². The maximum Gasteiger partial charge on any atom is 0.222 e. The van der Waals surface area contributed by atoms with Gasteiger partial charge < -0.3 is 20.0 Å². The van der Waals surface area contributed by atoms with Crippen LogP contribution in [0.2, 0.25) is 0 Å². The summed E-state index contributed by atoms with van der Waals surface area (Å²) in [5.74, 6) is 0.302. The first-order chi connectivity index (χ1) is 11.1. The van der Waals surface area contributed by atoms with Crippen LogP contribution in [0.15, 0.2) is 0 Å². The van der Waals surface area contributed by atoms with Crippen LogP contribution in [0.3, 0.4) is 0 Å². The summed E-state index contributed by atoms with van der Waals surface area (Å²) in [7, 11) is 0. The number of likely N-dealkylation sites (N-methyl/N-ethyl adjacent to an activating group) is 1. The first-order valence-corrected chi connectivity index (χ1v) is 9.56. The molecule has 0 bridgehead atoms. The van der Waals surface area contributed by atoms with Crippen molar-refractivity contribution in [1.82, 2.24) is 20.0 Å². The molecule has 1 amide bonds. The molecule has 0 aliphatic carbocycles. The molecule has 2 aliphatic heterocycles. The summed E-state index contributed by atoms with van der Waals surface area (Å²) in [5.41, 5.74) is 0. The van der Waals surface area contributed by atoms with E-state index in [-0.39, 0.29) is 11.8 Å². The largest absolute Gasteiger partial charge is 0.353 e. The number of rotatable bonds is 7. The third-order valence-corrected chi connectivity index (χ3v) is 5.32. The number of nitrogens with one attached hydrogen (secondary N) is 1. The van der Waals surface area contributed by atoms with Gasteiger partial charge in [0.05, 0.1) is 0 Å². The quantitative estimate of drug-likeness (QED) is 0.765. The minimum Gasteiger partial charge on any atom is -0.353 e. The van der Waals surface area contributed by atoms with Crippen LogP contribution in [0.5, 0.6) is 0 Å². The predicted octanol–water partition coefficient (Wildman–Crippen LogP) is 1.25. The van der Waals surface area contributed by atoms with Crippen molar-refractivity contribution in [2.24, 2.45) is 5.92 Å². The average Bonchev–Trinajstić information content (AvgIpc) is 2.57. The van der Waals surface area contributed by atoms with E-state index in [2.05, 4.69) is 26.9 Å². The average molecular weight is 325 g/mol. The molecule has 2 aliphatic rings. The molecule has 2 fully saturated rings. The summed E-state index contributed by atoms with van der Waals surface area (Å²) in [4.78, 5) is 19.5. The van der Waals surface area contributed by atoms with Gasteiger partial charge in [-0.1, -0.05) is 20.8 Å². The van der Waals surface area contributed by atoms with Crippen LogP contribution in [0.4, 0.5) is 0 Å². The number of piperazine rings is 1. The molecule has 0 aromatic heterocycles. The predicted molar refractivity (Wildman–Crippen MR) is 95.6 cm³/mol. The summed E-state index contributed by atoms with van der Waals surface area (Å²) in [6.07, 6.45) is 3.48. The fourth-order valence-corrected chi connectivity index (χ4v) is 3.52. The van der Waals surface area contributed by atoms with E-state index >= 15 is 0 Å². The minimum absolute atomic E-state index is 0.0983. The van der Waals surface area contributed by atoms with Crippen LogP contribution in [0.1, 0.15) is 40.0 Å². The lowest BCUT2D eigenvalue weighted by Crippen LogP contribution is -2.47. The normalized spacial score (nSPS) is 22.6. The Hall–Kier alpha value is -0.650. The monoisotopic (exact) mass is 324 g/mol. The van der Waals surface area contributed by atoms with Gasteiger partial charge in [-0.25, -0.2) is 0 Å². The first kappa shape index (κ1) is 18.7. The number of hydrogen-bond acceptors (Lipinski definition) is 4. The van der Waals surface area contributed by atoms with Crippen molar-refractivity contribution in [3.05, 3.63) is 0 Å². The van der Waals surface area contributed by atoms with E-state index in [0.29, 0.717) is 6.04 Å². The van der Waals surface area contributed by atoms with Crippen molar-refractivity contribution < 1.29 is 4.79 Å². The third-order valence-electron chi connectivity index (χ3n) is 5.32. The Labute approximate surface area is 142 Å². The topological polar surface area (TPSA) is 38.8 Å². The van der Waals surface area contributed by atoms with E-state index in [4.69, 9.17) is 0 Å². The highest BCUT2D eigenvalue weighted by Gasteiger charge is 2.21. The molecule has 2 heterocycles. The molecule has 5 nitrogen and oxygen atoms in total. The van der Waals surface area contributed by atoms with Crippen molar-refractivity contribution in [2.75, 3.05) is 58.9 Å². The Balaban J connectivity index is 1.54. The zero-order valence-corrected chi connectivity index (χ0v) is 15.4. The molecule has 0 saturated carbocycles. The van der Waals surface area contributed by atoms with Gasteiger partial charge in [0.15, 0.2) is 0 Å². The summed E-state index contributed by atoms with van der Waals surface area (Å²) in [6.45, 7) is 17.0. The maximum absolute atomic E-state index is 11.8. The fourth-order valence-electron chi connectivity index (χ4n) is 3.52. The minimum atomic E-state index is 0.0983. The van der Waals surface area contributed by atoms with E-state index < -0.39 is 0 Å². The van der Waals surface area contributed by atoms with Crippen LogP contribution < -0.4 is 5.32 Å². The van der Waals surface area contributed by atoms with Gasteiger partial charge in [-0.2, -0.15) is 0 Å². The Kier molecular flexibility index (Phi) is 7.80. The molecule has 0 atom stereocenters. The highest BCUT2D eigenvalue weighted by molar-refractivity contribution is 5.78. The molecule has 5 heteroatoms. The molecule has 0 aromatic rings. The van der Waals surface area contributed by atoms with Gasteiger partial charge >= 0.3 is 0 Å². The second-order valence-electron chi connectivity index (χ2n) is 7.41. The second kappa shape index (κ2) is 9.60. The lowest BCUT2D eigenvalue weighted by Gasteiger charge is -2.35. The number of nitrogens with zero attached hydrogens (tertiary/aromatic N) is 3. The Bertz CT molecular complexity index is 345. The summed E-state index contributed by atoms with van der Waals surface area (Å²) in [5, 5.41) is 3.18. The molecule has 0 aromatic carbocycles. The maximum atomic E-state index is 11.8. The number of carbonyl (C=O) groups is 1. The van der Waals surface area contributed by atoms with E-state index in [0.717, 1.165) is 25.9 Å². The van der Waals surface area contributed by atoms with Crippen LogP contribution in [0, 0.1) is 5.92 Å². The van der Waals surface area contributed by atoms with Crippen molar-refractivity contribution in [2.45, 2.75) is 46.1 Å². The number of amides is 1. The van der Waals surface area contributed by atoms with E-state index in [1.165, 1.54) is 52.2 Å². The van der Waals surface area contributed by atoms with Crippen molar-refractivity contribution in [1.29, 1.82) is 0 Å². The Morgan fingerprint density at radius 2 is 1.48 bits per heavy atom. The standard InChI is InChI=1S/C18H36N4O/c1-4-20-12-14-22(15-13-20)9-5-8-21-10-6-17(7-11-21)19-18(23)16(2)3/h16-17H,4-15H2,1-3H3,(H,19,23). The van der Waals surface area contributed by atoms with Gasteiger partial charge in [0.1, 0.15) is 0 Å². The van der Waals surface area contributed by atoms with Crippen LogP contribution >= 0.6 is 0 Å². The van der Waals surface area contributed by atoms with Gasteiger partial charge in [-0.05, 0) is 38.9 Å². The zero-order chi connectivity index (χ0) is 16.7. The van der Waals surface area contributed by atoms with E-state index in [1.807, 2.05) is 13.8 Å². The second-order valence-corrected chi connectivity index (χ2v) is 7.41. The van der Waals surface area contributed by atoms with Crippen LogP contribution in [0.25, 0.3) is 0 Å². The molecule has 0 spiro atoms. The molecule has 2 saturated heterocycles. The molecule has 2 rings (SSSR count). The Morgan fingerprint density at radius 3 is 2.00 bits per heavy atom. The van der Waals surface area contributed by atoms with Gasteiger partial charge in [0.2, 0.25) is 5.91 Å². The van der Waals surface area contributed by atoms with Gasteiger partial charge in [-0.15, -0.1) is 0 Å². The summed E-state index contributed by atoms with van der Waals surface area (Å²) in [6, 6.07) is 0.392. The van der Waals surface area contributed by atoms with Crippen LogP contribution in [-0.2, 0) is 4.79 Å². The zero-order valence-electron chi connectivity index (χ0n) is 15.4. The smallest absolute Gasteiger partial charge is 0.222 e. The fraction of sp³-hybridized carbons (Fsp3) is 0.944. The molecule has 0 unspecified atom stereocenters. The summed E-state index contributed by atoms with van der Waals surface area (Å²) >= 11 is 0. The van der Waals surface area contributed by atoms with Crippen molar-refractivity contribution in [3.63, 3.8) is 0 Å². The molecule has 1 N–H and O–H groups in total. The number of likely N-dealkylation sites (tertiary alicyclic amines) is 1. The molecular formula is C18H36N4O. The van der Waals surface area contributed by atoms with Gasteiger partial charge in [0.25, 0.3) is 0 Å². The highest BCUT2D eigenvalue weighted by Crippen LogP contribution is 2.12. The number of carbonyl (C=O) groups excluding carboxylic acids is 1. The van der Waals surface area contributed by atoms with Gasteiger partial charge in [0, 0.05) is 51.2 Å². The van der Waals surface area contributed by atoms with Crippen molar-refractivity contribution in [3.8, 4) is 0 Å². The SMILES string of the molecule is CCN1CCN(CCCN2CCC(NC(=O)C(C)C)CC2)CC1. The molecular weight excluding hydrogens is 288 g/mol. The third kappa shape index (κ3) is 6.40. The van der Waals surface area contributed by atoms with Crippen molar-refractivity contribution >= 4 is 5.91 Å². The lowest BCUT2D eigenvalue weighted by molar-refractivity contribution is -0.125. The molecule has 23 heavy (non-hydrogen) atoms. The van der Waals surface area contributed by atoms with Crippen LogP contribution in [-0.4, -0.2) is 85.6 Å². The number of piperidine rings is 1. The molecule has 0 radical (unpaired) electrons. The molecule has 134 valence electrons.